The molecule has 0 aromatic heterocycles. The van der Waals surface area contributed by atoms with Gasteiger partial charge in [-0.15, -0.1) is 0 Å². The van der Waals surface area contributed by atoms with E-state index < -0.39 is 18.0 Å². The summed E-state index contributed by atoms with van der Waals surface area (Å²) in [5, 5.41) is 6.34. The number of hydrogen-bond acceptors (Lipinski definition) is 4. The third-order valence-corrected chi connectivity index (χ3v) is 5.50. The van der Waals surface area contributed by atoms with Gasteiger partial charge < -0.3 is 15.4 Å². The minimum Gasteiger partial charge on any atom is -0.452 e. The number of halogens is 1. The van der Waals surface area contributed by atoms with E-state index in [-0.39, 0.29) is 24.8 Å². The van der Waals surface area contributed by atoms with Gasteiger partial charge in [-0.05, 0) is 42.2 Å². The Balaban J connectivity index is 1.69. The SMILES string of the molecule is CC1=CC(=O)O[C@@H](c2ccccc2)CNC(=O)[C@@H](CC(=O)NCc2ccc(Cl)cc2)CC=C1. The summed E-state index contributed by atoms with van der Waals surface area (Å²) in [6.07, 6.45) is 4.76. The number of rotatable bonds is 5. The summed E-state index contributed by atoms with van der Waals surface area (Å²) in [6, 6.07) is 16.5. The molecule has 0 saturated carbocycles. The van der Waals surface area contributed by atoms with E-state index in [0.717, 1.165) is 11.1 Å². The summed E-state index contributed by atoms with van der Waals surface area (Å²) in [4.78, 5) is 37.8. The molecule has 33 heavy (non-hydrogen) atoms. The van der Waals surface area contributed by atoms with Gasteiger partial charge >= 0.3 is 5.97 Å². The summed E-state index contributed by atoms with van der Waals surface area (Å²) in [5.74, 6) is -1.51. The van der Waals surface area contributed by atoms with Gasteiger partial charge in [0.15, 0.2) is 0 Å². The number of amides is 2. The molecule has 0 fully saturated rings. The third-order valence-electron chi connectivity index (χ3n) is 5.24. The minimum atomic E-state index is -0.630. The fourth-order valence-corrected chi connectivity index (χ4v) is 3.57. The highest BCUT2D eigenvalue weighted by Gasteiger charge is 2.24. The average Bonchev–Trinajstić information content (AvgIpc) is 2.80. The first-order valence-electron chi connectivity index (χ1n) is 10.8. The highest BCUT2D eigenvalue weighted by molar-refractivity contribution is 6.30. The highest BCUT2D eigenvalue weighted by Crippen LogP contribution is 2.19. The van der Waals surface area contributed by atoms with Crippen LogP contribution in [0.3, 0.4) is 0 Å². The number of esters is 1. The molecule has 0 saturated heterocycles. The smallest absolute Gasteiger partial charge is 0.331 e. The Morgan fingerprint density at radius 2 is 1.85 bits per heavy atom. The maximum absolute atomic E-state index is 12.9. The van der Waals surface area contributed by atoms with Gasteiger partial charge in [-0.1, -0.05) is 66.2 Å². The zero-order valence-corrected chi connectivity index (χ0v) is 19.2. The van der Waals surface area contributed by atoms with Crippen molar-refractivity contribution in [2.45, 2.75) is 32.4 Å². The van der Waals surface area contributed by atoms with Crippen molar-refractivity contribution in [3.63, 3.8) is 0 Å². The van der Waals surface area contributed by atoms with Crippen LogP contribution in [0.15, 0.2) is 78.4 Å². The van der Waals surface area contributed by atoms with Crippen LogP contribution in [0.4, 0.5) is 0 Å². The van der Waals surface area contributed by atoms with Crippen LogP contribution in [0.2, 0.25) is 5.02 Å². The number of hydrogen-bond donors (Lipinski definition) is 2. The minimum absolute atomic E-state index is 0.0440. The van der Waals surface area contributed by atoms with Gasteiger partial charge in [-0.3, -0.25) is 9.59 Å². The normalized spacial score (nSPS) is 19.4. The molecule has 172 valence electrons. The lowest BCUT2D eigenvalue weighted by Gasteiger charge is -2.21. The van der Waals surface area contributed by atoms with Crippen molar-refractivity contribution in [3.8, 4) is 0 Å². The van der Waals surface area contributed by atoms with Crippen molar-refractivity contribution in [2.24, 2.45) is 5.92 Å². The molecular weight excluding hydrogens is 440 g/mol. The van der Waals surface area contributed by atoms with Gasteiger partial charge in [0.25, 0.3) is 0 Å². The summed E-state index contributed by atoms with van der Waals surface area (Å²) >= 11 is 5.89. The fraction of sp³-hybridized carbons (Fsp3) is 0.269. The quantitative estimate of drug-likeness (QED) is 0.644. The first kappa shape index (κ1) is 24.3. The van der Waals surface area contributed by atoms with Crippen LogP contribution in [-0.2, 0) is 25.7 Å². The molecule has 1 aliphatic rings. The molecule has 7 heteroatoms. The van der Waals surface area contributed by atoms with E-state index in [9.17, 15) is 14.4 Å². The average molecular weight is 467 g/mol. The second-order valence-corrected chi connectivity index (χ2v) is 8.35. The lowest BCUT2D eigenvalue weighted by atomic mass is 9.98. The molecule has 2 aromatic rings. The standard InChI is InChI=1S/C26H27ClN2O4/c1-18-6-5-9-21(15-24(30)28-16-19-10-12-22(27)13-11-19)26(32)29-17-23(33-25(31)14-18)20-7-3-2-4-8-20/h2-8,10-14,21,23H,9,15-17H2,1H3,(H,28,30)(H,29,32)/t21-,23-/m1/s1. The van der Waals surface area contributed by atoms with E-state index in [0.29, 0.717) is 23.6 Å². The van der Waals surface area contributed by atoms with Crippen LogP contribution < -0.4 is 10.6 Å². The Morgan fingerprint density at radius 1 is 1.12 bits per heavy atom. The number of carbonyl (C=O) groups excluding carboxylic acids is 3. The topological polar surface area (TPSA) is 84.5 Å². The maximum atomic E-state index is 12.9. The molecule has 0 bridgehead atoms. The fourth-order valence-electron chi connectivity index (χ4n) is 3.44. The first-order valence-corrected chi connectivity index (χ1v) is 11.2. The van der Waals surface area contributed by atoms with Gasteiger partial charge in [-0.2, -0.15) is 0 Å². The number of ether oxygens (including phenoxy) is 1. The number of nitrogens with one attached hydrogen (secondary N) is 2. The molecule has 1 aliphatic heterocycles. The van der Waals surface area contributed by atoms with E-state index >= 15 is 0 Å². The van der Waals surface area contributed by atoms with Crippen LogP contribution in [0.1, 0.15) is 37.0 Å². The second kappa shape index (κ2) is 12.0. The molecule has 0 spiro atoms. The monoisotopic (exact) mass is 466 g/mol. The van der Waals surface area contributed by atoms with Crippen LogP contribution in [0.5, 0.6) is 0 Å². The Hall–Kier alpha value is -3.38. The molecule has 2 atom stereocenters. The van der Waals surface area contributed by atoms with E-state index in [4.69, 9.17) is 16.3 Å². The Kier molecular flexibility index (Phi) is 8.84. The van der Waals surface area contributed by atoms with Gasteiger partial charge in [0.1, 0.15) is 6.10 Å². The third kappa shape index (κ3) is 7.91. The number of carbonyl (C=O) groups is 3. The van der Waals surface area contributed by atoms with Gasteiger partial charge in [0, 0.05) is 24.1 Å². The zero-order valence-electron chi connectivity index (χ0n) is 18.4. The van der Waals surface area contributed by atoms with Crippen LogP contribution >= 0.6 is 11.6 Å². The molecular formula is C26H27ClN2O4. The molecule has 1 heterocycles. The predicted octanol–water partition coefficient (Wildman–Crippen LogP) is 4.27. The van der Waals surface area contributed by atoms with Crippen LogP contribution in [-0.4, -0.2) is 24.3 Å². The van der Waals surface area contributed by atoms with E-state index in [1.807, 2.05) is 42.5 Å². The molecule has 0 unspecified atom stereocenters. The van der Waals surface area contributed by atoms with E-state index in [1.54, 1.807) is 31.2 Å². The molecule has 2 amide bonds. The molecule has 6 nitrogen and oxygen atoms in total. The first-order chi connectivity index (χ1) is 15.9. The van der Waals surface area contributed by atoms with Crippen LogP contribution in [0.25, 0.3) is 0 Å². The Morgan fingerprint density at radius 3 is 2.58 bits per heavy atom. The van der Waals surface area contributed by atoms with Crippen LogP contribution in [0, 0.1) is 5.92 Å². The summed E-state index contributed by atoms with van der Waals surface area (Å²) in [7, 11) is 0. The van der Waals surface area contributed by atoms with Gasteiger partial charge in [0.2, 0.25) is 11.8 Å². The number of allylic oxidation sites excluding steroid dienone is 3. The number of cyclic esters (lactones) is 1. The maximum Gasteiger partial charge on any atom is 0.331 e. The van der Waals surface area contributed by atoms with Crippen molar-refractivity contribution in [3.05, 3.63) is 94.5 Å². The summed E-state index contributed by atoms with van der Waals surface area (Å²) in [6.45, 7) is 2.26. The van der Waals surface area contributed by atoms with Crippen molar-refractivity contribution < 1.29 is 19.1 Å². The van der Waals surface area contributed by atoms with Crippen molar-refractivity contribution in [2.75, 3.05) is 6.54 Å². The molecule has 2 aromatic carbocycles. The molecule has 0 radical (unpaired) electrons. The largest absolute Gasteiger partial charge is 0.452 e. The highest BCUT2D eigenvalue weighted by atomic mass is 35.5. The zero-order chi connectivity index (χ0) is 23.6. The Bertz CT molecular complexity index is 1030. The van der Waals surface area contributed by atoms with Crippen molar-refractivity contribution in [1.82, 2.24) is 10.6 Å². The summed E-state index contributed by atoms with van der Waals surface area (Å²) < 4.78 is 5.59. The summed E-state index contributed by atoms with van der Waals surface area (Å²) in [5.41, 5.74) is 2.41. The molecule has 3 rings (SSSR count). The Labute approximate surface area is 198 Å². The van der Waals surface area contributed by atoms with Crippen molar-refractivity contribution in [1.29, 1.82) is 0 Å². The molecule has 0 aliphatic carbocycles. The second-order valence-electron chi connectivity index (χ2n) is 7.91. The van der Waals surface area contributed by atoms with Crippen molar-refractivity contribution >= 4 is 29.4 Å². The lowest BCUT2D eigenvalue weighted by molar-refractivity contribution is -0.144. The predicted molar refractivity (Wildman–Crippen MR) is 127 cm³/mol. The van der Waals surface area contributed by atoms with E-state index in [1.165, 1.54) is 6.08 Å². The van der Waals surface area contributed by atoms with E-state index in [2.05, 4.69) is 10.6 Å². The lowest BCUT2D eigenvalue weighted by Crippen LogP contribution is -2.37. The molecule has 2 N–H and O–H groups in total. The van der Waals surface area contributed by atoms with Gasteiger partial charge in [-0.25, -0.2) is 4.79 Å². The van der Waals surface area contributed by atoms with Gasteiger partial charge in [0.05, 0.1) is 12.5 Å². The number of benzene rings is 2.